The van der Waals surface area contributed by atoms with Gasteiger partial charge in [0.05, 0.1) is 23.9 Å². The van der Waals surface area contributed by atoms with Gasteiger partial charge in [-0.3, -0.25) is 9.69 Å². The highest BCUT2D eigenvalue weighted by Gasteiger charge is 2.12. The Bertz CT molecular complexity index is 986. The third kappa shape index (κ3) is 5.46. The molecule has 1 amide bonds. The van der Waals surface area contributed by atoms with Crippen molar-refractivity contribution >= 4 is 46.2 Å². The molecule has 8 heteroatoms. The van der Waals surface area contributed by atoms with Crippen LogP contribution in [0.1, 0.15) is 5.56 Å². The number of amides is 1. The van der Waals surface area contributed by atoms with E-state index in [4.69, 9.17) is 4.74 Å². The molecule has 0 radical (unpaired) electrons. The zero-order valence-electron chi connectivity index (χ0n) is 16.3. The maximum atomic E-state index is 12.4. The summed E-state index contributed by atoms with van der Waals surface area (Å²) in [4.78, 5) is 22.6. The Hall–Kier alpha value is -2.16. The minimum atomic E-state index is -0.0421. The molecular weight excluding hydrogens is 404 g/mol. The molecule has 0 atom stereocenters. The summed E-state index contributed by atoms with van der Waals surface area (Å²) in [5, 5.41) is 3.72. The van der Waals surface area contributed by atoms with E-state index in [-0.39, 0.29) is 5.91 Å². The molecule has 1 aromatic heterocycles. The summed E-state index contributed by atoms with van der Waals surface area (Å²) < 4.78 is 5.23. The minimum Gasteiger partial charge on any atom is -0.497 e. The number of imidazole rings is 1. The van der Waals surface area contributed by atoms with E-state index in [9.17, 15) is 4.79 Å². The number of thioether (sulfide) groups is 2. The topological polar surface area (TPSA) is 70.2 Å². The van der Waals surface area contributed by atoms with Crippen LogP contribution in [0.25, 0.3) is 11.0 Å². The van der Waals surface area contributed by atoms with Crippen molar-refractivity contribution in [3.8, 4) is 5.75 Å². The summed E-state index contributed by atoms with van der Waals surface area (Å²) >= 11 is 3.40. The van der Waals surface area contributed by atoms with Crippen LogP contribution in [-0.2, 0) is 11.3 Å². The predicted octanol–water partition coefficient (Wildman–Crippen LogP) is 3.85. The highest BCUT2D eigenvalue weighted by atomic mass is 32.2. The molecule has 1 saturated heterocycles. The molecule has 4 rings (SSSR count). The molecule has 0 saturated carbocycles. The largest absolute Gasteiger partial charge is 0.497 e. The van der Waals surface area contributed by atoms with Gasteiger partial charge in [0, 0.05) is 42.9 Å². The smallest absolute Gasteiger partial charge is 0.234 e. The molecule has 29 heavy (non-hydrogen) atoms. The van der Waals surface area contributed by atoms with Gasteiger partial charge in [-0.15, -0.1) is 0 Å². The second-order valence-electron chi connectivity index (χ2n) is 6.85. The van der Waals surface area contributed by atoms with Gasteiger partial charge < -0.3 is 15.0 Å². The number of nitrogens with one attached hydrogen (secondary N) is 2. The Morgan fingerprint density at radius 1 is 1.28 bits per heavy atom. The molecule has 1 aliphatic heterocycles. The minimum absolute atomic E-state index is 0.0421. The summed E-state index contributed by atoms with van der Waals surface area (Å²) in [7, 11) is 1.64. The number of fused-ring (bicyclic) bond motifs is 1. The van der Waals surface area contributed by atoms with Gasteiger partial charge in [-0.2, -0.15) is 11.8 Å². The Morgan fingerprint density at radius 3 is 2.97 bits per heavy atom. The van der Waals surface area contributed by atoms with Gasteiger partial charge >= 0.3 is 0 Å². The predicted molar refractivity (Wildman–Crippen MR) is 121 cm³/mol. The lowest BCUT2D eigenvalue weighted by molar-refractivity contribution is -0.113. The molecule has 2 aromatic carbocycles. The first-order valence-electron chi connectivity index (χ1n) is 9.55. The fraction of sp³-hybridized carbons (Fsp3) is 0.333. The number of benzene rings is 2. The van der Waals surface area contributed by atoms with Gasteiger partial charge in [-0.05, 0) is 29.8 Å². The van der Waals surface area contributed by atoms with Crippen molar-refractivity contribution < 1.29 is 9.53 Å². The Balaban J connectivity index is 1.32. The van der Waals surface area contributed by atoms with E-state index in [1.54, 1.807) is 7.11 Å². The highest BCUT2D eigenvalue weighted by Crippen LogP contribution is 2.23. The molecule has 0 bridgehead atoms. The number of H-pyrrole nitrogens is 1. The number of aromatic amines is 1. The van der Waals surface area contributed by atoms with E-state index in [0.29, 0.717) is 5.75 Å². The van der Waals surface area contributed by atoms with Crippen LogP contribution in [0.4, 0.5) is 5.69 Å². The van der Waals surface area contributed by atoms with E-state index in [1.807, 2.05) is 42.1 Å². The van der Waals surface area contributed by atoms with Crippen molar-refractivity contribution in [3.05, 3.63) is 48.0 Å². The fourth-order valence-electron chi connectivity index (χ4n) is 3.26. The molecular formula is C21H24N4O2S2. The number of carbonyl (C=O) groups is 1. The van der Waals surface area contributed by atoms with Crippen LogP contribution in [0.2, 0.25) is 0 Å². The molecule has 0 unspecified atom stereocenters. The number of hydrogen-bond donors (Lipinski definition) is 2. The third-order valence-corrected chi connectivity index (χ3v) is 6.54. The lowest BCUT2D eigenvalue weighted by atomic mass is 10.2. The Labute approximate surface area is 178 Å². The number of anilines is 1. The Kier molecular flexibility index (Phi) is 6.63. The van der Waals surface area contributed by atoms with Gasteiger partial charge in [-0.25, -0.2) is 4.98 Å². The van der Waals surface area contributed by atoms with Crippen molar-refractivity contribution in [3.63, 3.8) is 0 Å². The second kappa shape index (κ2) is 9.56. The lowest BCUT2D eigenvalue weighted by Gasteiger charge is -2.26. The molecule has 2 N–H and O–H groups in total. The maximum Gasteiger partial charge on any atom is 0.234 e. The quantitative estimate of drug-likeness (QED) is 0.557. The molecule has 0 spiro atoms. The van der Waals surface area contributed by atoms with Gasteiger partial charge in [-0.1, -0.05) is 23.9 Å². The third-order valence-electron chi connectivity index (χ3n) is 4.73. The van der Waals surface area contributed by atoms with Crippen LogP contribution in [0.3, 0.4) is 0 Å². The van der Waals surface area contributed by atoms with Crippen molar-refractivity contribution in [1.82, 2.24) is 14.9 Å². The summed E-state index contributed by atoms with van der Waals surface area (Å²) in [5.74, 6) is 3.42. The molecule has 152 valence electrons. The number of rotatable bonds is 7. The van der Waals surface area contributed by atoms with Crippen molar-refractivity contribution in [2.24, 2.45) is 0 Å². The van der Waals surface area contributed by atoms with Crippen molar-refractivity contribution in [2.45, 2.75) is 11.7 Å². The summed E-state index contributed by atoms with van der Waals surface area (Å²) in [6.07, 6.45) is 0. The molecule has 1 fully saturated rings. The summed E-state index contributed by atoms with van der Waals surface area (Å²) in [6.45, 7) is 3.18. The van der Waals surface area contributed by atoms with Crippen LogP contribution in [0, 0.1) is 0 Å². The zero-order valence-corrected chi connectivity index (χ0v) is 17.9. The zero-order chi connectivity index (χ0) is 20.1. The first-order chi connectivity index (χ1) is 14.2. The Morgan fingerprint density at radius 2 is 2.14 bits per heavy atom. The summed E-state index contributed by atoms with van der Waals surface area (Å²) in [6, 6.07) is 13.8. The van der Waals surface area contributed by atoms with Crippen LogP contribution in [-0.4, -0.2) is 58.2 Å². The van der Waals surface area contributed by atoms with Crippen LogP contribution < -0.4 is 10.1 Å². The number of aromatic nitrogens is 2. The standard InChI is InChI=1S/C21H24N4O2S2/c1-27-17-5-6-18-19(12-17)24-21(23-18)29-14-20(26)22-16-4-2-3-15(11-16)13-25-7-9-28-10-8-25/h2-6,11-12H,7-10,13-14H2,1H3,(H,22,26)(H,23,24). The van der Waals surface area contributed by atoms with Crippen LogP contribution in [0.15, 0.2) is 47.6 Å². The van der Waals surface area contributed by atoms with Crippen LogP contribution >= 0.6 is 23.5 Å². The highest BCUT2D eigenvalue weighted by molar-refractivity contribution is 7.99. The lowest BCUT2D eigenvalue weighted by Crippen LogP contribution is -2.31. The van der Waals surface area contributed by atoms with E-state index in [1.165, 1.54) is 28.8 Å². The first kappa shape index (κ1) is 20.1. The monoisotopic (exact) mass is 428 g/mol. The van der Waals surface area contributed by atoms with E-state index < -0.39 is 0 Å². The average molecular weight is 429 g/mol. The fourth-order valence-corrected chi connectivity index (χ4v) is 4.92. The van der Waals surface area contributed by atoms with Crippen molar-refractivity contribution in [1.29, 1.82) is 0 Å². The first-order valence-corrected chi connectivity index (χ1v) is 11.7. The molecule has 3 aromatic rings. The van der Waals surface area contributed by atoms with Gasteiger partial charge in [0.2, 0.25) is 5.91 Å². The molecule has 2 heterocycles. The number of ether oxygens (including phenoxy) is 1. The number of methoxy groups -OCH3 is 1. The molecule has 0 aliphatic carbocycles. The SMILES string of the molecule is COc1ccc2nc(SCC(=O)Nc3cccc(CN4CCSCC4)c3)[nH]c2c1. The van der Waals surface area contributed by atoms with Crippen molar-refractivity contribution in [2.75, 3.05) is 42.8 Å². The average Bonchev–Trinajstić information content (AvgIpc) is 3.15. The number of carbonyl (C=O) groups excluding carboxylic acids is 1. The van der Waals surface area contributed by atoms with E-state index in [2.05, 4.69) is 32.3 Å². The normalized spacial score (nSPS) is 14.8. The number of hydrogen-bond acceptors (Lipinski definition) is 6. The van der Waals surface area contributed by atoms with Gasteiger partial charge in [0.25, 0.3) is 0 Å². The van der Waals surface area contributed by atoms with Crippen LogP contribution in [0.5, 0.6) is 5.75 Å². The summed E-state index contributed by atoms with van der Waals surface area (Å²) in [5.41, 5.74) is 3.83. The maximum absolute atomic E-state index is 12.4. The number of nitrogens with zero attached hydrogens (tertiary/aromatic N) is 2. The van der Waals surface area contributed by atoms with E-state index >= 15 is 0 Å². The molecule has 1 aliphatic rings. The van der Waals surface area contributed by atoms with E-state index in [0.717, 1.165) is 47.3 Å². The second-order valence-corrected chi connectivity index (χ2v) is 9.04. The molecule has 6 nitrogen and oxygen atoms in total. The van der Waals surface area contributed by atoms with Gasteiger partial charge in [0.15, 0.2) is 5.16 Å². The van der Waals surface area contributed by atoms with Gasteiger partial charge in [0.1, 0.15) is 5.75 Å².